The molecule has 24 heavy (non-hydrogen) atoms. The fraction of sp³-hybridized carbons (Fsp3) is 0.176. The summed E-state index contributed by atoms with van der Waals surface area (Å²) in [7, 11) is 0. The molecule has 5 nitrogen and oxygen atoms in total. The molecular weight excluding hydrogens is 344 g/mol. The summed E-state index contributed by atoms with van der Waals surface area (Å²) < 4.78 is 5.34. The van der Waals surface area contributed by atoms with Crippen LogP contribution in [0.5, 0.6) is 0 Å². The van der Waals surface area contributed by atoms with Crippen LogP contribution in [-0.2, 0) is 16.1 Å². The number of hydrogen-bond donors (Lipinski definition) is 2. The number of benzene rings is 1. The van der Waals surface area contributed by atoms with Crippen molar-refractivity contribution in [1.29, 1.82) is 0 Å². The van der Waals surface area contributed by atoms with E-state index < -0.39 is 0 Å². The molecule has 2 N–H and O–H groups in total. The van der Waals surface area contributed by atoms with Crippen LogP contribution in [-0.4, -0.2) is 24.2 Å². The molecule has 0 atom stereocenters. The maximum atomic E-state index is 12.4. The lowest BCUT2D eigenvalue weighted by Gasteiger charge is -2.15. The van der Waals surface area contributed by atoms with Crippen LogP contribution in [0.25, 0.3) is 0 Å². The summed E-state index contributed by atoms with van der Waals surface area (Å²) in [6, 6.07) is 10.8. The Balaban J connectivity index is 1.69. The van der Waals surface area contributed by atoms with Crippen LogP contribution >= 0.6 is 23.1 Å². The molecular formula is C17H16N2O3S2. The number of amides is 2. The summed E-state index contributed by atoms with van der Waals surface area (Å²) in [4.78, 5) is 25.7. The molecule has 0 aliphatic carbocycles. The minimum absolute atomic E-state index is 0.229. The molecule has 0 saturated carbocycles. The summed E-state index contributed by atoms with van der Waals surface area (Å²) in [5.41, 5.74) is 0.887. The SMILES string of the molecule is O=C(Nc1ccccc1C(=O)NCc1cccs1)C1=CSCCO1. The smallest absolute Gasteiger partial charge is 0.291 e. The molecule has 0 bridgehead atoms. The van der Waals surface area contributed by atoms with Crippen LogP contribution in [0.15, 0.2) is 52.9 Å². The molecule has 0 saturated heterocycles. The maximum Gasteiger partial charge on any atom is 0.291 e. The zero-order chi connectivity index (χ0) is 16.8. The van der Waals surface area contributed by atoms with E-state index in [1.807, 2.05) is 17.5 Å². The zero-order valence-electron chi connectivity index (χ0n) is 12.8. The molecule has 0 spiro atoms. The first-order valence-electron chi connectivity index (χ1n) is 7.39. The second kappa shape index (κ2) is 8.03. The van der Waals surface area contributed by atoms with E-state index >= 15 is 0 Å². The predicted octanol–water partition coefficient (Wildman–Crippen LogP) is 3.22. The van der Waals surface area contributed by atoms with Crippen molar-refractivity contribution in [3.63, 3.8) is 0 Å². The summed E-state index contributed by atoms with van der Waals surface area (Å²) in [5.74, 6) is 0.534. The Labute approximate surface area is 148 Å². The first-order valence-corrected chi connectivity index (χ1v) is 9.32. The van der Waals surface area contributed by atoms with Gasteiger partial charge in [0.15, 0.2) is 5.76 Å². The van der Waals surface area contributed by atoms with Gasteiger partial charge in [0.05, 0.1) is 24.4 Å². The lowest BCUT2D eigenvalue weighted by molar-refractivity contribution is -0.116. The largest absolute Gasteiger partial charge is 0.487 e. The molecule has 7 heteroatoms. The lowest BCUT2D eigenvalue weighted by Crippen LogP contribution is -2.25. The van der Waals surface area contributed by atoms with Crippen molar-refractivity contribution < 1.29 is 14.3 Å². The van der Waals surface area contributed by atoms with E-state index in [1.54, 1.807) is 41.0 Å². The fourth-order valence-corrected chi connectivity index (χ4v) is 3.41. The summed E-state index contributed by atoms with van der Waals surface area (Å²) in [6.07, 6.45) is 0. The highest BCUT2D eigenvalue weighted by Crippen LogP contribution is 2.20. The Morgan fingerprint density at radius 3 is 2.75 bits per heavy atom. The first-order chi connectivity index (χ1) is 11.7. The highest BCUT2D eigenvalue weighted by Gasteiger charge is 2.18. The average Bonchev–Trinajstić information content (AvgIpc) is 3.14. The van der Waals surface area contributed by atoms with Crippen molar-refractivity contribution in [1.82, 2.24) is 5.32 Å². The molecule has 1 aliphatic heterocycles. The first kappa shape index (κ1) is 16.6. The number of para-hydroxylation sites is 1. The molecule has 2 amide bonds. The third-order valence-corrected chi connectivity index (χ3v) is 4.96. The van der Waals surface area contributed by atoms with Gasteiger partial charge in [-0.3, -0.25) is 9.59 Å². The van der Waals surface area contributed by atoms with E-state index in [2.05, 4.69) is 10.6 Å². The fourth-order valence-electron chi connectivity index (χ4n) is 2.14. The van der Waals surface area contributed by atoms with E-state index in [9.17, 15) is 9.59 Å². The van der Waals surface area contributed by atoms with E-state index in [-0.39, 0.29) is 17.6 Å². The lowest BCUT2D eigenvalue weighted by atomic mass is 10.1. The molecule has 1 aromatic heterocycles. The van der Waals surface area contributed by atoms with E-state index in [0.717, 1.165) is 10.6 Å². The number of nitrogens with one attached hydrogen (secondary N) is 2. The Morgan fingerprint density at radius 1 is 1.12 bits per heavy atom. The van der Waals surface area contributed by atoms with Crippen molar-refractivity contribution >= 4 is 40.6 Å². The van der Waals surface area contributed by atoms with Gasteiger partial charge in [0, 0.05) is 16.0 Å². The maximum absolute atomic E-state index is 12.4. The van der Waals surface area contributed by atoms with Crippen molar-refractivity contribution in [2.24, 2.45) is 0 Å². The minimum Gasteiger partial charge on any atom is -0.487 e. The number of ether oxygens (including phenoxy) is 1. The molecule has 0 radical (unpaired) electrons. The highest BCUT2D eigenvalue weighted by molar-refractivity contribution is 8.02. The summed E-state index contributed by atoms with van der Waals surface area (Å²) in [6.45, 7) is 0.969. The molecule has 0 fully saturated rings. The Hall–Kier alpha value is -2.25. The molecule has 2 heterocycles. The van der Waals surface area contributed by atoms with Gasteiger partial charge in [-0.15, -0.1) is 23.1 Å². The molecule has 124 valence electrons. The number of anilines is 1. The zero-order valence-corrected chi connectivity index (χ0v) is 14.4. The van der Waals surface area contributed by atoms with Crippen molar-refractivity contribution in [3.8, 4) is 0 Å². The quantitative estimate of drug-likeness (QED) is 0.859. The standard InChI is InChI=1S/C17H16N2O3S2/c20-16(18-10-12-4-3-8-24-12)13-5-1-2-6-14(13)19-17(21)15-11-23-9-7-22-15/h1-6,8,11H,7,9-10H2,(H,18,20)(H,19,21). The van der Waals surface area contributed by atoms with Crippen LogP contribution in [0.2, 0.25) is 0 Å². The van der Waals surface area contributed by atoms with Gasteiger partial charge >= 0.3 is 0 Å². The number of thiophene rings is 1. The van der Waals surface area contributed by atoms with E-state index in [4.69, 9.17) is 4.74 Å². The molecule has 1 aromatic carbocycles. The van der Waals surface area contributed by atoms with Crippen LogP contribution in [0.1, 0.15) is 15.2 Å². The number of thioether (sulfide) groups is 1. The topological polar surface area (TPSA) is 67.4 Å². The highest BCUT2D eigenvalue weighted by atomic mass is 32.2. The Kier molecular flexibility index (Phi) is 5.55. The summed E-state index contributed by atoms with van der Waals surface area (Å²) >= 11 is 3.12. The molecule has 3 rings (SSSR count). The Morgan fingerprint density at radius 2 is 2.00 bits per heavy atom. The van der Waals surface area contributed by atoms with Gasteiger partial charge in [-0.25, -0.2) is 0 Å². The van der Waals surface area contributed by atoms with Crippen LogP contribution in [0.3, 0.4) is 0 Å². The van der Waals surface area contributed by atoms with E-state index in [1.165, 1.54) is 11.8 Å². The third-order valence-electron chi connectivity index (χ3n) is 3.30. The van der Waals surface area contributed by atoms with Crippen LogP contribution < -0.4 is 10.6 Å². The van der Waals surface area contributed by atoms with Gasteiger partial charge in [0.1, 0.15) is 0 Å². The van der Waals surface area contributed by atoms with Gasteiger partial charge in [0.25, 0.3) is 11.8 Å². The van der Waals surface area contributed by atoms with Crippen molar-refractivity contribution in [3.05, 3.63) is 63.4 Å². The van der Waals surface area contributed by atoms with Gasteiger partial charge in [-0.05, 0) is 23.6 Å². The van der Waals surface area contributed by atoms with Gasteiger partial charge in [0.2, 0.25) is 0 Å². The number of rotatable bonds is 5. The third kappa shape index (κ3) is 4.18. The predicted molar refractivity (Wildman–Crippen MR) is 97.1 cm³/mol. The monoisotopic (exact) mass is 360 g/mol. The molecule has 1 aliphatic rings. The number of hydrogen-bond acceptors (Lipinski definition) is 5. The summed E-state index contributed by atoms with van der Waals surface area (Å²) in [5, 5.41) is 9.27. The average molecular weight is 360 g/mol. The molecule has 2 aromatic rings. The normalized spacial score (nSPS) is 13.6. The van der Waals surface area contributed by atoms with Crippen LogP contribution in [0.4, 0.5) is 5.69 Å². The number of carbonyl (C=O) groups is 2. The van der Waals surface area contributed by atoms with Gasteiger partial charge in [-0.2, -0.15) is 0 Å². The second-order valence-electron chi connectivity index (χ2n) is 4.96. The minimum atomic E-state index is -0.347. The van der Waals surface area contributed by atoms with Crippen LogP contribution in [0, 0.1) is 0 Å². The van der Waals surface area contributed by atoms with Crippen molar-refractivity contribution in [2.45, 2.75) is 6.54 Å². The number of carbonyl (C=O) groups excluding carboxylic acids is 2. The second-order valence-corrected chi connectivity index (χ2v) is 6.97. The molecule has 0 unspecified atom stereocenters. The van der Waals surface area contributed by atoms with Gasteiger partial charge in [-0.1, -0.05) is 18.2 Å². The van der Waals surface area contributed by atoms with Crippen molar-refractivity contribution in [2.75, 3.05) is 17.7 Å². The van der Waals surface area contributed by atoms with Gasteiger partial charge < -0.3 is 15.4 Å². The van der Waals surface area contributed by atoms with E-state index in [0.29, 0.717) is 24.4 Å². The Bertz CT molecular complexity index is 757.